The minimum Gasteiger partial charge on any atom is -0.336 e. The topological polar surface area (TPSA) is 40.6 Å². The molecule has 2 atom stereocenters. The fraction of sp³-hybridized carbons (Fsp3) is 0.444. The molecule has 1 saturated heterocycles. The van der Waals surface area contributed by atoms with Crippen LogP contribution in [0.4, 0.5) is 0 Å². The zero-order valence-electron chi connectivity index (χ0n) is 14.6. The number of carbonyl (C=O) groups is 2. The fourth-order valence-electron chi connectivity index (χ4n) is 2.93. The lowest BCUT2D eigenvalue weighted by Crippen LogP contribution is -2.40. The minimum atomic E-state index is -0.0328. The Morgan fingerprint density at radius 3 is 2.68 bits per heavy atom. The highest BCUT2D eigenvalue weighted by Gasteiger charge is 2.39. The molecule has 0 saturated carbocycles. The zero-order chi connectivity index (χ0) is 18.0. The Hall–Kier alpha value is -1.31. The first-order valence-electron chi connectivity index (χ1n) is 8.35. The summed E-state index contributed by atoms with van der Waals surface area (Å²) < 4.78 is 0. The van der Waals surface area contributed by atoms with Crippen LogP contribution in [0.3, 0.4) is 0 Å². The molecule has 2 aromatic rings. The third-order valence-corrected chi connectivity index (χ3v) is 7.82. The Labute approximate surface area is 160 Å². The van der Waals surface area contributed by atoms with E-state index in [1.807, 2.05) is 41.2 Å². The third-order valence-electron chi connectivity index (χ3n) is 4.38. The van der Waals surface area contributed by atoms with Crippen molar-refractivity contribution in [2.24, 2.45) is 0 Å². The first-order chi connectivity index (χ1) is 12.0. The molecule has 1 fully saturated rings. The summed E-state index contributed by atoms with van der Waals surface area (Å²) in [4.78, 5) is 31.0. The molecule has 25 heavy (non-hydrogen) atoms. The zero-order valence-corrected chi connectivity index (χ0v) is 17.0. The second-order valence-electron chi connectivity index (χ2n) is 5.99. The second kappa shape index (κ2) is 7.93. The van der Waals surface area contributed by atoms with Crippen molar-refractivity contribution in [3.63, 3.8) is 0 Å². The van der Waals surface area contributed by atoms with Crippen LogP contribution in [0.15, 0.2) is 29.0 Å². The van der Waals surface area contributed by atoms with Crippen LogP contribution in [0.5, 0.6) is 0 Å². The SMILES string of the molecule is CCN(CCN1C(=O)C(C)SC1c1sccc1C)C(=O)c1cccs1. The van der Waals surface area contributed by atoms with E-state index in [2.05, 4.69) is 18.4 Å². The average Bonchev–Trinajstić information content (AvgIpc) is 3.32. The average molecular weight is 395 g/mol. The minimum absolute atomic E-state index is 0.0328. The van der Waals surface area contributed by atoms with E-state index >= 15 is 0 Å². The number of thioether (sulfide) groups is 1. The van der Waals surface area contributed by atoms with Crippen molar-refractivity contribution >= 4 is 46.2 Å². The van der Waals surface area contributed by atoms with Crippen molar-refractivity contribution < 1.29 is 9.59 Å². The molecule has 0 aromatic carbocycles. The van der Waals surface area contributed by atoms with Crippen molar-refractivity contribution in [2.45, 2.75) is 31.4 Å². The largest absolute Gasteiger partial charge is 0.336 e. The van der Waals surface area contributed by atoms with Gasteiger partial charge in [-0.05, 0) is 49.2 Å². The molecule has 2 aromatic heterocycles. The van der Waals surface area contributed by atoms with E-state index in [1.165, 1.54) is 21.8 Å². The summed E-state index contributed by atoms with van der Waals surface area (Å²) in [5.74, 6) is 0.219. The highest BCUT2D eigenvalue weighted by Crippen LogP contribution is 2.45. The standard InChI is InChI=1S/C18H22N2O2S3/c1-4-19(17(22)14-6-5-10-23-14)8-9-20-16(21)13(3)25-18(20)15-12(2)7-11-24-15/h5-7,10-11,13,18H,4,8-9H2,1-3H3. The quantitative estimate of drug-likeness (QED) is 0.736. The van der Waals surface area contributed by atoms with Crippen LogP contribution < -0.4 is 0 Å². The maximum Gasteiger partial charge on any atom is 0.263 e. The van der Waals surface area contributed by atoms with E-state index in [9.17, 15) is 9.59 Å². The van der Waals surface area contributed by atoms with E-state index in [4.69, 9.17) is 0 Å². The van der Waals surface area contributed by atoms with Gasteiger partial charge in [0.05, 0.1) is 10.1 Å². The van der Waals surface area contributed by atoms with Gasteiger partial charge in [-0.1, -0.05) is 6.07 Å². The van der Waals surface area contributed by atoms with Crippen molar-refractivity contribution in [1.82, 2.24) is 9.80 Å². The van der Waals surface area contributed by atoms with Gasteiger partial charge in [0, 0.05) is 24.5 Å². The predicted molar refractivity (Wildman–Crippen MR) is 106 cm³/mol. The van der Waals surface area contributed by atoms with Crippen LogP contribution in [0.2, 0.25) is 0 Å². The number of amides is 2. The number of hydrogen-bond donors (Lipinski definition) is 0. The van der Waals surface area contributed by atoms with Crippen molar-refractivity contribution in [2.75, 3.05) is 19.6 Å². The molecule has 2 amide bonds. The lowest BCUT2D eigenvalue weighted by molar-refractivity contribution is -0.129. The molecule has 134 valence electrons. The van der Waals surface area contributed by atoms with Gasteiger partial charge in [0.25, 0.3) is 5.91 Å². The molecule has 7 heteroatoms. The normalized spacial score (nSPS) is 20.3. The Morgan fingerprint density at radius 1 is 1.28 bits per heavy atom. The molecule has 0 aliphatic carbocycles. The Balaban J connectivity index is 1.72. The number of nitrogens with zero attached hydrogens (tertiary/aromatic N) is 2. The van der Waals surface area contributed by atoms with Crippen LogP contribution in [0.25, 0.3) is 0 Å². The molecule has 1 aliphatic rings. The van der Waals surface area contributed by atoms with Gasteiger partial charge in [-0.3, -0.25) is 9.59 Å². The lowest BCUT2D eigenvalue weighted by atomic mass is 10.2. The summed E-state index contributed by atoms with van der Waals surface area (Å²) in [6.07, 6.45) is 0. The molecule has 4 nitrogen and oxygen atoms in total. The number of aryl methyl sites for hydroxylation is 1. The molecule has 1 aliphatic heterocycles. The Bertz CT molecular complexity index is 741. The molecule has 0 radical (unpaired) electrons. The summed E-state index contributed by atoms with van der Waals surface area (Å²) in [5.41, 5.74) is 1.23. The lowest BCUT2D eigenvalue weighted by Gasteiger charge is -2.27. The van der Waals surface area contributed by atoms with E-state index in [0.29, 0.717) is 19.6 Å². The molecular weight excluding hydrogens is 372 g/mol. The number of likely N-dealkylation sites (N-methyl/N-ethyl adjacent to an activating group) is 1. The monoisotopic (exact) mass is 394 g/mol. The molecule has 3 heterocycles. The van der Waals surface area contributed by atoms with Gasteiger partial charge in [-0.25, -0.2) is 0 Å². The van der Waals surface area contributed by atoms with Crippen molar-refractivity contribution in [3.8, 4) is 0 Å². The first kappa shape index (κ1) is 18.5. The summed E-state index contributed by atoms with van der Waals surface area (Å²) >= 11 is 4.87. The fourth-order valence-corrected chi connectivity index (χ4v) is 6.17. The maximum absolute atomic E-state index is 12.6. The van der Waals surface area contributed by atoms with Crippen LogP contribution >= 0.6 is 34.4 Å². The summed E-state index contributed by atoms with van der Waals surface area (Å²) in [5, 5.41) is 4.03. The summed E-state index contributed by atoms with van der Waals surface area (Å²) in [6, 6.07) is 5.85. The first-order valence-corrected chi connectivity index (χ1v) is 11.1. The number of rotatable bonds is 6. The smallest absolute Gasteiger partial charge is 0.263 e. The van der Waals surface area contributed by atoms with Gasteiger partial charge in [0.15, 0.2) is 0 Å². The van der Waals surface area contributed by atoms with Crippen LogP contribution in [0, 0.1) is 6.92 Å². The van der Waals surface area contributed by atoms with Crippen molar-refractivity contribution in [3.05, 3.63) is 44.3 Å². The Morgan fingerprint density at radius 2 is 2.08 bits per heavy atom. The second-order valence-corrected chi connectivity index (χ2v) is 9.31. The van der Waals surface area contributed by atoms with Crippen LogP contribution in [-0.4, -0.2) is 46.5 Å². The third kappa shape index (κ3) is 3.78. The maximum atomic E-state index is 12.6. The van der Waals surface area contributed by atoms with Crippen LogP contribution in [0.1, 0.15) is 39.3 Å². The van der Waals surface area contributed by atoms with Gasteiger partial charge in [0.1, 0.15) is 5.37 Å². The van der Waals surface area contributed by atoms with E-state index in [0.717, 1.165) is 4.88 Å². The van der Waals surface area contributed by atoms with Gasteiger partial charge in [-0.15, -0.1) is 34.4 Å². The molecule has 2 unspecified atom stereocenters. The van der Waals surface area contributed by atoms with Gasteiger partial charge in [0.2, 0.25) is 5.91 Å². The molecule has 0 bridgehead atoms. The highest BCUT2D eigenvalue weighted by molar-refractivity contribution is 8.01. The van der Waals surface area contributed by atoms with E-state index in [-0.39, 0.29) is 22.4 Å². The van der Waals surface area contributed by atoms with Gasteiger partial charge >= 0.3 is 0 Å². The summed E-state index contributed by atoms with van der Waals surface area (Å²) in [7, 11) is 0. The molecule has 0 N–H and O–H groups in total. The molecular formula is C18H22N2O2S3. The number of thiophene rings is 2. The Kier molecular flexibility index (Phi) is 5.86. The summed E-state index contributed by atoms with van der Waals surface area (Å²) in [6.45, 7) is 7.82. The van der Waals surface area contributed by atoms with Crippen LogP contribution in [-0.2, 0) is 4.79 Å². The van der Waals surface area contributed by atoms with Crippen molar-refractivity contribution in [1.29, 1.82) is 0 Å². The number of carbonyl (C=O) groups excluding carboxylic acids is 2. The predicted octanol–water partition coefficient (Wildman–Crippen LogP) is 4.24. The van der Waals surface area contributed by atoms with Gasteiger partial charge in [-0.2, -0.15) is 0 Å². The van der Waals surface area contributed by atoms with Gasteiger partial charge < -0.3 is 9.80 Å². The van der Waals surface area contributed by atoms with E-state index in [1.54, 1.807) is 23.1 Å². The van der Waals surface area contributed by atoms with E-state index < -0.39 is 0 Å². The molecule has 3 rings (SSSR count). The number of hydrogen-bond acceptors (Lipinski definition) is 5. The highest BCUT2D eigenvalue weighted by atomic mass is 32.2. The molecule has 0 spiro atoms.